The Balaban J connectivity index is 0.00000169. The van der Waals surface area contributed by atoms with Gasteiger partial charge in [-0.1, -0.05) is 0 Å². The van der Waals surface area contributed by atoms with E-state index in [4.69, 9.17) is 0 Å². The first-order chi connectivity index (χ1) is 11.6. The van der Waals surface area contributed by atoms with Gasteiger partial charge in [-0.15, -0.1) is 0 Å². The van der Waals surface area contributed by atoms with Gasteiger partial charge < -0.3 is 24.8 Å². The zero-order valence-electron chi connectivity index (χ0n) is 16.1. The monoisotopic (exact) mass is 479 g/mol. The molecule has 1 radical (unpaired) electrons. The van der Waals surface area contributed by atoms with Crippen LogP contribution in [0, 0.1) is 0 Å². The molecule has 0 nitrogen and oxygen atoms in total. The number of rotatable bonds is 6. The Hall–Kier alpha value is -0.140. The SMILES string of the molecule is CCCC1=Cc2c(-c3ccc(CC)cc3)cccc2[CH]1[Zr+2][Si](C)C.[Cl-].[Cl-]. The van der Waals surface area contributed by atoms with Crippen LogP contribution in [-0.2, 0) is 28.8 Å². The fraction of sp³-hybridized carbons (Fsp3) is 0.364. The summed E-state index contributed by atoms with van der Waals surface area (Å²) >= 11 is -0.337. The average Bonchev–Trinajstić information content (AvgIpc) is 2.92. The predicted molar refractivity (Wildman–Crippen MR) is 104 cm³/mol. The van der Waals surface area contributed by atoms with E-state index in [-0.39, 0.29) is 53.1 Å². The second kappa shape index (κ2) is 11.0. The molecule has 2 aromatic carbocycles. The molecule has 1 unspecified atom stereocenters. The number of halogens is 2. The van der Waals surface area contributed by atoms with Gasteiger partial charge in [0.2, 0.25) is 0 Å². The first-order valence-electron chi connectivity index (χ1n) is 9.13. The number of benzene rings is 2. The standard InChI is InChI=1S/C20H21.C2H6Si.2ClH.Zr/c1-3-6-16-13-18-7-5-8-19(20(18)14-16)17-11-9-15(4-2)10-12-17;1-3-2;;;/h5,7-14H,3-4,6H2,1-2H3;1-2H3;2*1H;/q;;;;+2/p-2. The number of hydrogen-bond acceptors (Lipinski definition) is 0. The maximum Gasteiger partial charge on any atom is -1.00 e. The first kappa shape index (κ1) is 23.9. The number of aryl methyl sites for hydroxylation is 1. The molecule has 0 spiro atoms. The third kappa shape index (κ3) is 5.22. The van der Waals surface area contributed by atoms with Gasteiger partial charge in [-0.05, 0) is 0 Å². The van der Waals surface area contributed by atoms with Gasteiger partial charge in [-0.2, -0.15) is 0 Å². The summed E-state index contributed by atoms with van der Waals surface area (Å²) in [6.45, 7) is 9.58. The van der Waals surface area contributed by atoms with E-state index in [2.05, 4.69) is 75.5 Å². The van der Waals surface area contributed by atoms with Gasteiger partial charge in [0.05, 0.1) is 0 Å². The topological polar surface area (TPSA) is 0 Å². The zero-order chi connectivity index (χ0) is 17.1. The summed E-state index contributed by atoms with van der Waals surface area (Å²) in [6.07, 6.45) is 6.22. The number of fused-ring (bicyclic) bond motifs is 1. The third-order valence-electron chi connectivity index (χ3n) is 4.80. The molecule has 2 aromatic rings. The zero-order valence-corrected chi connectivity index (χ0v) is 21.0. The summed E-state index contributed by atoms with van der Waals surface area (Å²) < 4.78 is 0.835. The van der Waals surface area contributed by atoms with Crippen LogP contribution in [0.5, 0.6) is 0 Å². The molecule has 26 heavy (non-hydrogen) atoms. The van der Waals surface area contributed by atoms with Gasteiger partial charge in [-0.3, -0.25) is 0 Å². The van der Waals surface area contributed by atoms with E-state index in [0.29, 0.717) is 0 Å². The van der Waals surface area contributed by atoms with Gasteiger partial charge in [0.15, 0.2) is 0 Å². The second-order valence-corrected chi connectivity index (χ2v) is 20.1. The Bertz CT molecular complexity index is 738. The molecule has 0 saturated heterocycles. The molecule has 1 aliphatic carbocycles. The molecule has 0 saturated carbocycles. The van der Waals surface area contributed by atoms with Crippen LogP contribution in [0.4, 0.5) is 0 Å². The van der Waals surface area contributed by atoms with Crippen LogP contribution < -0.4 is 24.8 Å². The normalized spacial score (nSPS) is 14.8. The molecule has 137 valence electrons. The number of allylic oxidation sites excluding steroid dienone is 1. The molecule has 4 heteroatoms. The van der Waals surface area contributed by atoms with Crippen molar-refractivity contribution in [2.45, 2.75) is 49.8 Å². The fourth-order valence-electron chi connectivity index (χ4n) is 3.60. The summed E-state index contributed by atoms with van der Waals surface area (Å²) in [7, 11) is 0. The molecule has 0 fully saturated rings. The van der Waals surface area contributed by atoms with E-state index in [9.17, 15) is 0 Å². The van der Waals surface area contributed by atoms with Crippen LogP contribution in [0.3, 0.4) is 0 Å². The van der Waals surface area contributed by atoms with Crippen molar-refractivity contribution in [2.75, 3.05) is 0 Å². The van der Waals surface area contributed by atoms with Crippen molar-refractivity contribution in [2.24, 2.45) is 0 Å². The average molecular weight is 482 g/mol. The van der Waals surface area contributed by atoms with Crippen LogP contribution in [0.25, 0.3) is 17.2 Å². The minimum Gasteiger partial charge on any atom is -1.00 e. The Kier molecular flexibility index (Phi) is 10.1. The maximum atomic E-state index is 2.55. The second-order valence-electron chi connectivity index (χ2n) is 6.91. The maximum absolute atomic E-state index is 2.55. The van der Waals surface area contributed by atoms with Crippen LogP contribution in [-0.4, -0.2) is 5.92 Å². The molecular formula is C22H27Cl2SiZr. The summed E-state index contributed by atoms with van der Waals surface area (Å²) in [5.74, 6) is -0.0660. The van der Waals surface area contributed by atoms with E-state index < -0.39 is 0 Å². The molecule has 0 bridgehead atoms. The van der Waals surface area contributed by atoms with E-state index >= 15 is 0 Å². The van der Waals surface area contributed by atoms with Gasteiger partial charge >= 0.3 is 160 Å². The summed E-state index contributed by atoms with van der Waals surface area (Å²) in [5, 5.41) is 0. The van der Waals surface area contributed by atoms with Crippen LogP contribution in [0.15, 0.2) is 48.0 Å². The fourth-order valence-corrected chi connectivity index (χ4v) is 12.5. The predicted octanol–water partition coefficient (Wildman–Crippen LogP) is 0.496. The minimum atomic E-state index is -0.337. The molecular weight excluding hydrogens is 454 g/mol. The molecule has 0 aromatic heterocycles. The van der Waals surface area contributed by atoms with E-state index in [0.717, 1.165) is 10.0 Å². The van der Waals surface area contributed by atoms with Crippen molar-refractivity contribution in [3.8, 4) is 11.1 Å². The quantitative estimate of drug-likeness (QED) is 0.527. The molecule has 0 amide bonds. The number of hydrogen-bond donors (Lipinski definition) is 0. The minimum absolute atomic E-state index is 0. The third-order valence-corrected chi connectivity index (χ3v) is 13.7. The first-order valence-corrected chi connectivity index (χ1v) is 16.7. The molecule has 0 aliphatic heterocycles. The van der Waals surface area contributed by atoms with Crippen molar-refractivity contribution in [3.05, 3.63) is 64.7 Å². The summed E-state index contributed by atoms with van der Waals surface area (Å²) in [4.78, 5) is 0. The van der Waals surface area contributed by atoms with Gasteiger partial charge in [-0.25, -0.2) is 0 Å². The van der Waals surface area contributed by atoms with Crippen LogP contribution in [0.2, 0.25) is 13.1 Å². The smallest absolute Gasteiger partial charge is 1.00 e. The largest absolute Gasteiger partial charge is 1.00 e. The van der Waals surface area contributed by atoms with E-state index in [1.807, 2.05) is 0 Å². The van der Waals surface area contributed by atoms with Gasteiger partial charge in [0, 0.05) is 0 Å². The Labute approximate surface area is 183 Å². The molecule has 1 aliphatic rings. The summed E-state index contributed by atoms with van der Waals surface area (Å²) in [5.41, 5.74) is 9.15. The van der Waals surface area contributed by atoms with Crippen molar-refractivity contribution in [3.63, 3.8) is 0 Å². The van der Waals surface area contributed by atoms with Gasteiger partial charge in [0.25, 0.3) is 0 Å². The Morgan fingerprint density at radius 1 is 0.962 bits per heavy atom. The van der Waals surface area contributed by atoms with Crippen molar-refractivity contribution >= 4 is 12.0 Å². The van der Waals surface area contributed by atoms with Crippen molar-refractivity contribution < 1.29 is 47.2 Å². The summed E-state index contributed by atoms with van der Waals surface area (Å²) in [6, 6.07) is 16.2. The Morgan fingerprint density at radius 2 is 1.65 bits per heavy atom. The Morgan fingerprint density at radius 3 is 2.23 bits per heavy atom. The van der Waals surface area contributed by atoms with E-state index in [1.54, 1.807) is 11.1 Å². The van der Waals surface area contributed by atoms with Crippen LogP contribution in [0.1, 0.15) is 47.0 Å². The van der Waals surface area contributed by atoms with Crippen molar-refractivity contribution in [1.29, 1.82) is 0 Å². The van der Waals surface area contributed by atoms with E-state index in [1.165, 1.54) is 35.1 Å². The van der Waals surface area contributed by atoms with Gasteiger partial charge in [0.1, 0.15) is 0 Å². The molecule has 0 heterocycles. The molecule has 0 N–H and O–H groups in total. The molecule has 3 rings (SSSR count). The van der Waals surface area contributed by atoms with Crippen LogP contribution >= 0.6 is 0 Å². The molecule has 1 atom stereocenters. The van der Waals surface area contributed by atoms with Crippen molar-refractivity contribution in [1.82, 2.24) is 0 Å².